The van der Waals surface area contributed by atoms with Crippen LogP contribution in [-0.2, 0) is 4.74 Å². The normalized spacial score (nSPS) is 27.8. The monoisotopic (exact) mass is 269 g/mol. The average molecular weight is 269 g/mol. The van der Waals surface area contributed by atoms with Crippen molar-refractivity contribution in [3.05, 3.63) is 22.4 Å². The molecule has 102 valence electrons. The zero-order valence-corrected chi connectivity index (χ0v) is 12.2. The van der Waals surface area contributed by atoms with Crippen molar-refractivity contribution in [3.8, 4) is 0 Å². The van der Waals surface area contributed by atoms with Gasteiger partial charge in [-0.15, -0.1) is 11.3 Å². The van der Waals surface area contributed by atoms with Crippen molar-refractivity contribution < 1.29 is 9.84 Å². The first-order valence-electron chi connectivity index (χ1n) is 6.62. The van der Waals surface area contributed by atoms with Gasteiger partial charge in [0, 0.05) is 29.5 Å². The Kier molecular flexibility index (Phi) is 4.43. The molecule has 2 rings (SSSR count). The molecule has 0 aliphatic heterocycles. The summed E-state index contributed by atoms with van der Waals surface area (Å²) in [6, 6.07) is 4.39. The van der Waals surface area contributed by atoms with Crippen LogP contribution in [0.15, 0.2) is 17.5 Å². The molecule has 2 N–H and O–H groups in total. The minimum absolute atomic E-state index is 0.158. The third kappa shape index (κ3) is 2.77. The van der Waals surface area contributed by atoms with Crippen LogP contribution < -0.4 is 5.32 Å². The minimum atomic E-state index is -0.396. The fourth-order valence-electron chi connectivity index (χ4n) is 2.55. The van der Waals surface area contributed by atoms with Crippen LogP contribution in [0.25, 0.3) is 0 Å². The second-order valence-corrected chi connectivity index (χ2v) is 6.47. The van der Waals surface area contributed by atoms with E-state index in [0.717, 1.165) is 17.9 Å². The van der Waals surface area contributed by atoms with Crippen LogP contribution in [0.2, 0.25) is 0 Å². The highest BCUT2D eigenvalue weighted by atomic mass is 32.1. The van der Waals surface area contributed by atoms with E-state index in [4.69, 9.17) is 4.74 Å². The van der Waals surface area contributed by atoms with Gasteiger partial charge in [-0.2, -0.15) is 0 Å². The Morgan fingerprint density at radius 2 is 2.39 bits per heavy atom. The van der Waals surface area contributed by atoms with Gasteiger partial charge in [0.25, 0.3) is 0 Å². The zero-order valence-electron chi connectivity index (χ0n) is 11.3. The van der Waals surface area contributed by atoms with Crippen LogP contribution in [0.1, 0.15) is 38.2 Å². The van der Waals surface area contributed by atoms with E-state index in [9.17, 15) is 5.11 Å². The average Bonchev–Trinajstić information content (AvgIpc) is 2.86. The Bertz CT molecular complexity index is 364. The molecule has 1 heterocycles. The van der Waals surface area contributed by atoms with Gasteiger partial charge in [0.1, 0.15) is 6.10 Å². The second kappa shape index (κ2) is 5.70. The zero-order chi connectivity index (χ0) is 13.2. The van der Waals surface area contributed by atoms with E-state index in [1.54, 1.807) is 11.3 Å². The molecule has 1 saturated carbocycles. The summed E-state index contributed by atoms with van der Waals surface area (Å²) >= 11 is 1.60. The highest BCUT2D eigenvalue weighted by Gasteiger charge is 2.48. The number of aliphatic hydroxyl groups excluding tert-OH is 1. The molecule has 1 aliphatic carbocycles. The Morgan fingerprint density at radius 3 is 2.94 bits per heavy atom. The van der Waals surface area contributed by atoms with Crippen LogP contribution in [-0.4, -0.2) is 30.4 Å². The number of hydrogen-bond donors (Lipinski definition) is 2. The summed E-state index contributed by atoms with van der Waals surface area (Å²) in [5.74, 6) is 0. The topological polar surface area (TPSA) is 41.5 Å². The van der Waals surface area contributed by atoms with Crippen LogP contribution in [0.3, 0.4) is 0 Å². The largest absolute Gasteiger partial charge is 0.386 e. The Morgan fingerprint density at radius 1 is 1.61 bits per heavy atom. The number of rotatable bonds is 6. The molecule has 1 aliphatic rings. The summed E-state index contributed by atoms with van der Waals surface area (Å²) < 4.78 is 5.70. The van der Waals surface area contributed by atoms with E-state index in [1.807, 2.05) is 24.4 Å². The van der Waals surface area contributed by atoms with Crippen molar-refractivity contribution in [2.75, 3.05) is 13.2 Å². The highest BCUT2D eigenvalue weighted by Crippen LogP contribution is 2.42. The lowest BCUT2D eigenvalue weighted by Crippen LogP contribution is -2.61. The third-order valence-corrected chi connectivity index (χ3v) is 4.95. The Balaban J connectivity index is 1.78. The Labute approximate surface area is 113 Å². The molecule has 0 aromatic carbocycles. The van der Waals surface area contributed by atoms with E-state index in [-0.39, 0.29) is 5.41 Å². The maximum absolute atomic E-state index is 10.0. The Hall–Kier alpha value is -0.420. The van der Waals surface area contributed by atoms with Crippen molar-refractivity contribution >= 4 is 11.3 Å². The molecular formula is C14H23NO2S. The number of thiophene rings is 1. The summed E-state index contributed by atoms with van der Waals surface area (Å²) in [5.41, 5.74) is 0.158. The quantitative estimate of drug-likeness (QED) is 0.834. The molecular weight excluding hydrogens is 246 g/mol. The number of aliphatic hydroxyl groups is 1. The SMILES string of the molecule is CCOC1CC(NCC(O)c2cccs2)C1(C)C. The molecule has 0 amide bonds. The van der Waals surface area contributed by atoms with E-state index in [1.165, 1.54) is 0 Å². The smallest absolute Gasteiger partial charge is 0.101 e. The van der Waals surface area contributed by atoms with E-state index in [0.29, 0.717) is 18.7 Å². The van der Waals surface area contributed by atoms with E-state index >= 15 is 0 Å². The lowest BCUT2D eigenvalue weighted by Gasteiger charge is -2.52. The second-order valence-electron chi connectivity index (χ2n) is 5.49. The molecule has 0 saturated heterocycles. The maximum Gasteiger partial charge on any atom is 0.101 e. The van der Waals surface area contributed by atoms with Gasteiger partial charge in [-0.1, -0.05) is 19.9 Å². The molecule has 3 unspecified atom stereocenters. The highest BCUT2D eigenvalue weighted by molar-refractivity contribution is 7.10. The molecule has 0 spiro atoms. The van der Waals surface area contributed by atoms with Crippen molar-refractivity contribution in [1.29, 1.82) is 0 Å². The third-order valence-electron chi connectivity index (χ3n) is 3.97. The molecule has 18 heavy (non-hydrogen) atoms. The predicted molar refractivity (Wildman–Crippen MR) is 74.9 cm³/mol. The molecule has 4 heteroatoms. The van der Waals surface area contributed by atoms with Gasteiger partial charge in [0.05, 0.1) is 6.10 Å². The van der Waals surface area contributed by atoms with Gasteiger partial charge < -0.3 is 15.2 Å². The van der Waals surface area contributed by atoms with E-state index in [2.05, 4.69) is 19.2 Å². The van der Waals surface area contributed by atoms with Gasteiger partial charge in [-0.05, 0) is 24.8 Å². The minimum Gasteiger partial charge on any atom is -0.386 e. The van der Waals surface area contributed by atoms with Gasteiger partial charge >= 0.3 is 0 Å². The molecule has 3 atom stereocenters. The van der Waals surface area contributed by atoms with Crippen molar-refractivity contribution in [3.63, 3.8) is 0 Å². The molecule has 1 fully saturated rings. The summed E-state index contributed by atoms with van der Waals surface area (Å²) in [5, 5.41) is 15.5. The number of hydrogen-bond acceptors (Lipinski definition) is 4. The molecule has 0 bridgehead atoms. The standard InChI is InChI=1S/C14H23NO2S/c1-4-17-13-8-12(14(13,2)3)15-9-10(16)11-6-5-7-18-11/h5-7,10,12-13,15-16H,4,8-9H2,1-3H3. The first kappa shape index (κ1) is 14.0. The van der Waals surface area contributed by atoms with Crippen molar-refractivity contribution in [2.45, 2.75) is 45.4 Å². The maximum atomic E-state index is 10.0. The van der Waals surface area contributed by atoms with Gasteiger partial charge in [-0.25, -0.2) is 0 Å². The van der Waals surface area contributed by atoms with Crippen LogP contribution >= 0.6 is 11.3 Å². The number of ether oxygens (including phenoxy) is 1. The summed E-state index contributed by atoms with van der Waals surface area (Å²) in [6.45, 7) is 7.89. The van der Waals surface area contributed by atoms with Crippen LogP contribution in [0.4, 0.5) is 0 Å². The molecule has 1 aromatic rings. The van der Waals surface area contributed by atoms with Gasteiger partial charge in [0.2, 0.25) is 0 Å². The van der Waals surface area contributed by atoms with Crippen molar-refractivity contribution in [1.82, 2.24) is 5.32 Å². The fraction of sp³-hybridized carbons (Fsp3) is 0.714. The van der Waals surface area contributed by atoms with Crippen LogP contribution in [0, 0.1) is 5.41 Å². The van der Waals surface area contributed by atoms with E-state index < -0.39 is 6.10 Å². The summed E-state index contributed by atoms with van der Waals surface area (Å²) in [6.07, 6.45) is 0.990. The first-order chi connectivity index (χ1) is 8.55. The molecule has 0 radical (unpaired) electrons. The lowest BCUT2D eigenvalue weighted by molar-refractivity contribution is -0.115. The molecule has 1 aromatic heterocycles. The van der Waals surface area contributed by atoms with Gasteiger partial charge in [-0.3, -0.25) is 0 Å². The summed E-state index contributed by atoms with van der Waals surface area (Å²) in [7, 11) is 0. The summed E-state index contributed by atoms with van der Waals surface area (Å²) in [4.78, 5) is 1.03. The predicted octanol–water partition coefficient (Wildman–Crippen LogP) is 2.57. The molecule has 3 nitrogen and oxygen atoms in total. The lowest BCUT2D eigenvalue weighted by atomic mass is 9.64. The van der Waals surface area contributed by atoms with Crippen LogP contribution in [0.5, 0.6) is 0 Å². The number of nitrogens with one attached hydrogen (secondary N) is 1. The van der Waals surface area contributed by atoms with Gasteiger partial charge in [0.15, 0.2) is 0 Å². The van der Waals surface area contributed by atoms with Crippen molar-refractivity contribution in [2.24, 2.45) is 5.41 Å². The fourth-order valence-corrected chi connectivity index (χ4v) is 3.26. The first-order valence-corrected chi connectivity index (χ1v) is 7.50.